The maximum absolute atomic E-state index is 3.57. The Morgan fingerprint density at radius 3 is 2.38 bits per heavy atom. The highest BCUT2D eigenvalue weighted by Crippen LogP contribution is 2.47. The van der Waals surface area contributed by atoms with E-state index in [-0.39, 0.29) is 0 Å². The summed E-state index contributed by atoms with van der Waals surface area (Å²) in [5, 5.41) is 3.57. The number of benzene rings is 1. The molecule has 0 spiro atoms. The van der Waals surface area contributed by atoms with E-state index in [9.17, 15) is 0 Å². The van der Waals surface area contributed by atoms with Crippen LogP contribution in [0.4, 0.5) is 0 Å². The first-order valence-corrected chi connectivity index (χ1v) is 6.87. The fourth-order valence-corrected chi connectivity index (χ4v) is 2.31. The highest BCUT2D eigenvalue weighted by molar-refractivity contribution is 9.10. The van der Waals surface area contributed by atoms with Gasteiger partial charge in [-0.05, 0) is 42.4 Å². The monoisotopic (exact) mass is 281 g/mol. The molecule has 1 aliphatic rings. The van der Waals surface area contributed by atoms with Gasteiger partial charge in [0.1, 0.15) is 0 Å². The zero-order valence-electron chi connectivity index (χ0n) is 10.1. The second kappa shape index (κ2) is 4.89. The van der Waals surface area contributed by atoms with Crippen LogP contribution in [0.2, 0.25) is 0 Å². The Kier molecular flexibility index (Phi) is 3.70. The highest BCUT2D eigenvalue weighted by Gasteiger charge is 2.41. The highest BCUT2D eigenvalue weighted by atomic mass is 79.9. The molecule has 1 N–H and O–H groups in total. The smallest absolute Gasteiger partial charge is 0.0175 e. The summed E-state index contributed by atoms with van der Waals surface area (Å²) in [6, 6.07) is 9.35. The molecule has 0 radical (unpaired) electrons. The van der Waals surface area contributed by atoms with Gasteiger partial charge in [-0.3, -0.25) is 0 Å². The summed E-state index contributed by atoms with van der Waals surface area (Å²) in [7, 11) is 0. The average molecular weight is 282 g/mol. The van der Waals surface area contributed by atoms with E-state index in [0.29, 0.717) is 11.5 Å². The first-order valence-electron chi connectivity index (χ1n) is 6.08. The number of nitrogens with one attached hydrogen (secondary N) is 1. The van der Waals surface area contributed by atoms with Gasteiger partial charge in [-0.25, -0.2) is 0 Å². The van der Waals surface area contributed by atoms with E-state index in [0.717, 1.165) is 0 Å². The van der Waals surface area contributed by atoms with Gasteiger partial charge in [0.2, 0.25) is 0 Å². The Bertz CT molecular complexity index is 338. The first kappa shape index (κ1) is 12.1. The predicted octanol–water partition coefficient (Wildman–Crippen LogP) is 3.77. The van der Waals surface area contributed by atoms with E-state index in [1.807, 2.05) is 0 Å². The molecule has 2 heteroatoms. The van der Waals surface area contributed by atoms with Crippen molar-refractivity contribution < 1.29 is 0 Å². The number of hydrogen-bond donors (Lipinski definition) is 1. The Labute approximate surface area is 107 Å². The maximum Gasteiger partial charge on any atom is 0.0175 e. The van der Waals surface area contributed by atoms with E-state index in [1.165, 1.54) is 35.8 Å². The fourth-order valence-electron chi connectivity index (χ4n) is 2.05. The molecule has 1 aliphatic carbocycles. The van der Waals surface area contributed by atoms with Crippen LogP contribution < -0.4 is 5.32 Å². The van der Waals surface area contributed by atoms with Crippen LogP contribution in [0.25, 0.3) is 0 Å². The Balaban J connectivity index is 1.91. The van der Waals surface area contributed by atoms with Crippen molar-refractivity contribution >= 4 is 15.9 Å². The molecule has 0 aliphatic heterocycles. The molecule has 1 nitrogen and oxygen atoms in total. The van der Waals surface area contributed by atoms with Gasteiger partial charge >= 0.3 is 0 Å². The van der Waals surface area contributed by atoms with E-state index in [2.05, 4.69) is 59.4 Å². The summed E-state index contributed by atoms with van der Waals surface area (Å²) in [4.78, 5) is 0. The largest absolute Gasteiger partial charge is 0.314 e. The second-order valence-corrected chi connectivity index (χ2v) is 6.25. The molecule has 0 unspecified atom stereocenters. The van der Waals surface area contributed by atoms with E-state index >= 15 is 0 Å². The maximum atomic E-state index is 3.57. The molecule has 1 saturated carbocycles. The van der Waals surface area contributed by atoms with Crippen LogP contribution in [-0.4, -0.2) is 12.6 Å². The third-order valence-electron chi connectivity index (χ3n) is 3.33. The van der Waals surface area contributed by atoms with Crippen LogP contribution in [0, 0.1) is 5.41 Å². The molecule has 0 bridgehead atoms. The summed E-state index contributed by atoms with van der Waals surface area (Å²) in [6.45, 7) is 5.60. The molecular formula is C14H20BrN. The first-order chi connectivity index (χ1) is 7.60. The minimum Gasteiger partial charge on any atom is -0.314 e. The molecule has 0 saturated heterocycles. The van der Waals surface area contributed by atoms with Crippen LogP contribution in [0.5, 0.6) is 0 Å². The molecule has 0 atom stereocenters. The van der Waals surface area contributed by atoms with Crippen molar-refractivity contribution in [3.05, 3.63) is 34.3 Å². The number of hydrogen-bond acceptors (Lipinski definition) is 1. The standard InChI is InChI=1S/C14H20BrN/c1-11(2)16-10-14(7-8-14)9-12-3-5-13(15)6-4-12/h3-6,11,16H,7-10H2,1-2H3. The SMILES string of the molecule is CC(C)NCC1(Cc2ccc(Br)cc2)CC1. The second-order valence-electron chi connectivity index (χ2n) is 5.34. The lowest BCUT2D eigenvalue weighted by atomic mass is 9.96. The van der Waals surface area contributed by atoms with E-state index < -0.39 is 0 Å². The van der Waals surface area contributed by atoms with Crippen LogP contribution in [0.1, 0.15) is 32.3 Å². The van der Waals surface area contributed by atoms with Crippen molar-refractivity contribution in [1.82, 2.24) is 5.32 Å². The summed E-state index contributed by atoms with van der Waals surface area (Å²) >= 11 is 3.48. The molecule has 2 rings (SSSR count). The Hall–Kier alpha value is -0.340. The van der Waals surface area contributed by atoms with Gasteiger partial charge in [0, 0.05) is 17.1 Å². The van der Waals surface area contributed by atoms with Crippen molar-refractivity contribution in [1.29, 1.82) is 0 Å². The molecule has 88 valence electrons. The zero-order valence-corrected chi connectivity index (χ0v) is 11.7. The van der Waals surface area contributed by atoms with E-state index in [1.54, 1.807) is 0 Å². The van der Waals surface area contributed by atoms with Gasteiger partial charge in [0.25, 0.3) is 0 Å². The van der Waals surface area contributed by atoms with Gasteiger partial charge in [0.15, 0.2) is 0 Å². The normalized spacial score (nSPS) is 17.8. The van der Waals surface area contributed by atoms with Crippen LogP contribution in [0.15, 0.2) is 28.7 Å². The predicted molar refractivity (Wildman–Crippen MR) is 72.7 cm³/mol. The third-order valence-corrected chi connectivity index (χ3v) is 3.86. The topological polar surface area (TPSA) is 12.0 Å². The van der Waals surface area contributed by atoms with Crippen LogP contribution >= 0.6 is 15.9 Å². The molecule has 1 aromatic rings. The lowest BCUT2D eigenvalue weighted by Gasteiger charge is -2.18. The average Bonchev–Trinajstić information content (AvgIpc) is 3.00. The minimum atomic E-state index is 0.554. The third kappa shape index (κ3) is 3.33. The van der Waals surface area contributed by atoms with Gasteiger partial charge < -0.3 is 5.32 Å². The Morgan fingerprint density at radius 1 is 1.25 bits per heavy atom. The molecule has 16 heavy (non-hydrogen) atoms. The van der Waals surface area contributed by atoms with Gasteiger partial charge in [-0.15, -0.1) is 0 Å². The quantitative estimate of drug-likeness (QED) is 0.867. The number of halogens is 1. The lowest BCUT2D eigenvalue weighted by Crippen LogP contribution is -2.30. The summed E-state index contributed by atoms with van der Waals surface area (Å²) < 4.78 is 1.17. The molecule has 0 heterocycles. The van der Waals surface area contributed by atoms with Crippen LogP contribution in [0.3, 0.4) is 0 Å². The molecule has 0 amide bonds. The van der Waals surface area contributed by atoms with Gasteiger partial charge in [-0.1, -0.05) is 41.9 Å². The van der Waals surface area contributed by atoms with Crippen molar-refractivity contribution in [3.8, 4) is 0 Å². The molecule has 1 aromatic carbocycles. The van der Waals surface area contributed by atoms with Crippen LogP contribution in [-0.2, 0) is 6.42 Å². The van der Waals surface area contributed by atoms with Gasteiger partial charge in [-0.2, -0.15) is 0 Å². The van der Waals surface area contributed by atoms with E-state index in [4.69, 9.17) is 0 Å². The summed E-state index contributed by atoms with van der Waals surface area (Å²) in [6.07, 6.45) is 3.98. The zero-order chi connectivity index (χ0) is 11.6. The van der Waals surface area contributed by atoms with Crippen molar-refractivity contribution in [2.75, 3.05) is 6.54 Å². The van der Waals surface area contributed by atoms with Crippen molar-refractivity contribution in [3.63, 3.8) is 0 Å². The number of rotatable bonds is 5. The molecule has 1 fully saturated rings. The molecular weight excluding hydrogens is 262 g/mol. The minimum absolute atomic E-state index is 0.554. The van der Waals surface area contributed by atoms with Crippen molar-refractivity contribution in [2.24, 2.45) is 5.41 Å². The van der Waals surface area contributed by atoms with Gasteiger partial charge in [0.05, 0.1) is 0 Å². The Morgan fingerprint density at radius 2 is 1.88 bits per heavy atom. The lowest BCUT2D eigenvalue weighted by molar-refractivity contribution is 0.429. The summed E-state index contributed by atoms with van der Waals surface area (Å²) in [5.74, 6) is 0. The fraction of sp³-hybridized carbons (Fsp3) is 0.571. The molecule has 0 aromatic heterocycles. The van der Waals surface area contributed by atoms with Crippen molar-refractivity contribution in [2.45, 2.75) is 39.2 Å². The summed E-state index contributed by atoms with van der Waals surface area (Å²) in [5.41, 5.74) is 2.02.